The first-order valence-corrected chi connectivity index (χ1v) is 5.46. The number of carbonyl (C=O) groups excluding carboxylic acids is 1. The molecule has 6 heteroatoms. The van der Waals surface area contributed by atoms with Crippen LogP contribution in [-0.2, 0) is 0 Å². The first-order valence-electron chi connectivity index (χ1n) is 5.46. The van der Waals surface area contributed by atoms with Gasteiger partial charge in [0.15, 0.2) is 11.6 Å². The molecule has 0 spiro atoms. The van der Waals surface area contributed by atoms with Crippen LogP contribution in [0.4, 0.5) is 15.9 Å². The van der Waals surface area contributed by atoms with Crippen molar-refractivity contribution in [2.45, 2.75) is 0 Å². The molecule has 5 nitrogen and oxygen atoms in total. The van der Waals surface area contributed by atoms with Gasteiger partial charge in [0, 0.05) is 5.56 Å². The number of benzene rings is 1. The van der Waals surface area contributed by atoms with Gasteiger partial charge < -0.3 is 15.8 Å². The number of hydrogen-bond acceptors (Lipinski definition) is 4. The van der Waals surface area contributed by atoms with Crippen LogP contribution in [0.3, 0.4) is 0 Å². The summed E-state index contributed by atoms with van der Waals surface area (Å²) in [6, 6.07) is 7.13. The molecule has 1 aromatic carbocycles. The maximum atomic E-state index is 13.5. The van der Waals surface area contributed by atoms with E-state index in [1.165, 1.54) is 25.4 Å². The van der Waals surface area contributed by atoms with E-state index in [9.17, 15) is 9.18 Å². The minimum atomic E-state index is -0.597. The van der Waals surface area contributed by atoms with Gasteiger partial charge in [0.1, 0.15) is 5.82 Å². The lowest BCUT2D eigenvalue weighted by Crippen LogP contribution is -2.13. The van der Waals surface area contributed by atoms with Crippen LogP contribution in [0.1, 0.15) is 10.4 Å². The molecular formula is C13H12FN3O2. The number of hydrogen-bond donors (Lipinski definition) is 2. The Labute approximate surface area is 109 Å². The van der Waals surface area contributed by atoms with Crippen molar-refractivity contribution >= 4 is 17.4 Å². The molecule has 1 amide bonds. The van der Waals surface area contributed by atoms with Crippen LogP contribution in [0, 0.1) is 5.82 Å². The van der Waals surface area contributed by atoms with Gasteiger partial charge in [-0.3, -0.25) is 4.79 Å². The zero-order valence-electron chi connectivity index (χ0n) is 10.2. The van der Waals surface area contributed by atoms with E-state index in [4.69, 9.17) is 10.5 Å². The van der Waals surface area contributed by atoms with Gasteiger partial charge in [-0.15, -0.1) is 0 Å². The molecule has 3 N–H and O–H groups in total. The number of methoxy groups -OCH3 is 1. The van der Waals surface area contributed by atoms with Gasteiger partial charge in [-0.25, -0.2) is 9.37 Å². The Morgan fingerprint density at radius 3 is 2.74 bits per heavy atom. The van der Waals surface area contributed by atoms with Crippen LogP contribution in [-0.4, -0.2) is 18.0 Å². The number of aromatic nitrogens is 1. The van der Waals surface area contributed by atoms with Crippen LogP contribution in [0.5, 0.6) is 5.75 Å². The third kappa shape index (κ3) is 2.98. The third-order valence-electron chi connectivity index (χ3n) is 2.44. The molecule has 0 aliphatic heterocycles. The maximum Gasteiger partial charge on any atom is 0.256 e. The molecule has 0 radical (unpaired) electrons. The van der Waals surface area contributed by atoms with E-state index in [2.05, 4.69) is 10.3 Å². The molecule has 0 bridgehead atoms. The molecular weight excluding hydrogens is 249 g/mol. The lowest BCUT2D eigenvalue weighted by atomic mass is 10.2. The highest BCUT2D eigenvalue weighted by molar-refractivity contribution is 6.03. The number of rotatable bonds is 3. The highest BCUT2D eigenvalue weighted by Crippen LogP contribution is 2.18. The monoisotopic (exact) mass is 261 g/mol. The van der Waals surface area contributed by atoms with Gasteiger partial charge in [0.2, 0.25) is 0 Å². The highest BCUT2D eigenvalue weighted by atomic mass is 19.1. The Hall–Kier alpha value is -2.63. The molecule has 0 atom stereocenters. The van der Waals surface area contributed by atoms with Gasteiger partial charge in [0.05, 0.1) is 19.0 Å². The zero-order chi connectivity index (χ0) is 13.8. The van der Waals surface area contributed by atoms with Crippen molar-refractivity contribution in [3.63, 3.8) is 0 Å². The number of nitrogens with zero attached hydrogens (tertiary/aromatic N) is 1. The SMILES string of the molecule is COc1ccc(C(=O)Nc2ccc(N)cn2)cc1F. The number of nitrogens with two attached hydrogens (primary N) is 1. The molecule has 1 heterocycles. The quantitative estimate of drug-likeness (QED) is 0.886. The number of halogens is 1. The van der Waals surface area contributed by atoms with Crippen LogP contribution in [0.25, 0.3) is 0 Å². The number of nitrogen functional groups attached to an aromatic ring is 1. The van der Waals surface area contributed by atoms with Crippen LogP contribution >= 0.6 is 0 Å². The molecule has 0 unspecified atom stereocenters. The largest absolute Gasteiger partial charge is 0.494 e. The van der Waals surface area contributed by atoms with Gasteiger partial charge in [-0.1, -0.05) is 0 Å². The number of anilines is 2. The average Bonchev–Trinajstić information content (AvgIpc) is 2.41. The second-order valence-electron chi connectivity index (χ2n) is 3.78. The fourth-order valence-corrected chi connectivity index (χ4v) is 1.48. The molecule has 2 rings (SSSR count). The Bertz CT molecular complexity index is 599. The fraction of sp³-hybridized carbons (Fsp3) is 0.0769. The summed E-state index contributed by atoms with van der Waals surface area (Å²) < 4.78 is 18.2. The highest BCUT2D eigenvalue weighted by Gasteiger charge is 2.10. The van der Waals surface area contributed by atoms with Gasteiger partial charge in [0.25, 0.3) is 5.91 Å². The summed E-state index contributed by atoms with van der Waals surface area (Å²) in [5, 5.41) is 2.54. The van der Waals surface area contributed by atoms with Crippen molar-refractivity contribution in [2.75, 3.05) is 18.2 Å². The van der Waals surface area contributed by atoms with Crippen LogP contribution < -0.4 is 15.8 Å². The minimum absolute atomic E-state index is 0.0853. The second-order valence-corrected chi connectivity index (χ2v) is 3.78. The first kappa shape index (κ1) is 12.8. The summed E-state index contributed by atoms with van der Waals surface area (Å²) in [4.78, 5) is 15.8. The number of amides is 1. The van der Waals surface area contributed by atoms with E-state index in [1.54, 1.807) is 12.1 Å². The Balaban J connectivity index is 2.16. The van der Waals surface area contributed by atoms with Crippen molar-refractivity contribution < 1.29 is 13.9 Å². The normalized spacial score (nSPS) is 10.0. The molecule has 98 valence electrons. The predicted octanol–water partition coefficient (Wildman–Crippen LogP) is 2.06. The van der Waals surface area contributed by atoms with Crippen molar-refractivity contribution in [2.24, 2.45) is 0 Å². The third-order valence-corrected chi connectivity index (χ3v) is 2.44. The van der Waals surface area contributed by atoms with E-state index >= 15 is 0 Å². The van der Waals surface area contributed by atoms with E-state index < -0.39 is 11.7 Å². The molecule has 0 saturated carbocycles. The number of pyridine rings is 1. The topological polar surface area (TPSA) is 77.2 Å². The van der Waals surface area contributed by atoms with Crippen LogP contribution in [0.15, 0.2) is 36.5 Å². The smallest absolute Gasteiger partial charge is 0.256 e. The van der Waals surface area contributed by atoms with Crippen molar-refractivity contribution in [1.29, 1.82) is 0 Å². The molecule has 2 aromatic rings. The van der Waals surface area contributed by atoms with Gasteiger partial charge >= 0.3 is 0 Å². The number of nitrogens with one attached hydrogen (secondary N) is 1. The molecule has 0 aliphatic carbocycles. The maximum absolute atomic E-state index is 13.5. The Morgan fingerprint density at radius 1 is 1.37 bits per heavy atom. The summed E-state index contributed by atoms with van der Waals surface area (Å²) in [7, 11) is 1.36. The molecule has 19 heavy (non-hydrogen) atoms. The Kier molecular flexibility index (Phi) is 3.61. The van der Waals surface area contributed by atoms with E-state index in [1.807, 2.05) is 0 Å². The Morgan fingerprint density at radius 2 is 2.16 bits per heavy atom. The summed E-state index contributed by atoms with van der Waals surface area (Å²) in [6.07, 6.45) is 1.42. The zero-order valence-corrected chi connectivity index (χ0v) is 10.2. The van der Waals surface area contributed by atoms with Crippen molar-refractivity contribution in [3.05, 3.63) is 47.9 Å². The molecule has 0 fully saturated rings. The standard InChI is InChI=1S/C13H12FN3O2/c1-19-11-4-2-8(6-10(11)14)13(18)17-12-5-3-9(15)7-16-12/h2-7H,15H2,1H3,(H,16,17,18). The number of carbonyl (C=O) groups is 1. The molecule has 0 saturated heterocycles. The fourth-order valence-electron chi connectivity index (χ4n) is 1.48. The number of ether oxygens (including phenoxy) is 1. The molecule has 0 aliphatic rings. The predicted molar refractivity (Wildman–Crippen MR) is 69.6 cm³/mol. The van der Waals surface area contributed by atoms with Gasteiger partial charge in [-0.2, -0.15) is 0 Å². The summed E-state index contributed by atoms with van der Waals surface area (Å²) in [5.74, 6) is -0.628. The van der Waals surface area contributed by atoms with Gasteiger partial charge in [-0.05, 0) is 30.3 Å². The van der Waals surface area contributed by atoms with E-state index in [0.717, 1.165) is 6.07 Å². The first-order chi connectivity index (χ1) is 9.10. The summed E-state index contributed by atoms with van der Waals surface area (Å²) in [6.45, 7) is 0. The summed E-state index contributed by atoms with van der Waals surface area (Å²) in [5.41, 5.74) is 6.15. The van der Waals surface area contributed by atoms with Crippen LogP contribution in [0.2, 0.25) is 0 Å². The lowest BCUT2D eigenvalue weighted by molar-refractivity contribution is 0.102. The average molecular weight is 261 g/mol. The minimum Gasteiger partial charge on any atom is -0.494 e. The van der Waals surface area contributed by atoms with Crippen molar-refractivity contribution in [3.8, 4) is 5.75 Å². The van der Waals surface area contributed by atoms with E-state index in [0.29, 0.717) is 11.5 Å². The second kappa shape index (κ2) is 5.34. The molecule has 1 aromatic heterocycles. The van der Waals surface area contributed by atoms with Crippen molar-refractivity contribution in [1.82, 2.24) is 4.98 Å². The summed E-state index contributed by atoms with van der Waals surface area (Å²) >= 11 is 0. The van der Waals surface area contributed by atoms with E-state index in [-0.39, 0.29) is 11.3 Å². The lowest BCUT2D eigenvalue weighted by Gasteiger charge is -2.06.